The standard InChI is InChI=1S/C12H10Cl2N2O2/c1-16-10(3-4-15-16)8-5-7(13)6-9(11(8)14)12(17)18-2/h3-6H,1-2H3. The topological polar surface area (TPSA) is 44.1 Å². The maximum atomic E-state index is 11.6. The molecule has 0 amide bonds. The normalized spacial score (nSPS) is 10.4. The Morgan fingerprint density at radius 2 is 2.11 bits per heavy atom. The summed E-state index contributed by atoms with van der Waals surface area (Å²) >= 11 is 12.2. The van der Waals surface area contributed by atoms with Gasteiger partial charge in [-0.1, -0.05) is 23.2 Å². The third-order valence-corrected chi connectivity index (χ3v) is 3.16. The number of methoxy groups -OCH3 is 1. The third kappa shape index (κ3) is 2.21. The van der Waals surface area contributed by atoms with Crippen LogP contribution in [0.1, 0.15) is 10.4 Å². The number of rotatable bonds is 2. The van der Waals surface area contributed by atoms with E-state index in [0.29, 0.717) is 15.6 Å². The van der Waals surface area contributed by atoms with Gasteiger partial charge in [0.15, 0.2) is 0 Å². The summed E-state index contributed by atoms with van der Waals surface area (Å²) in [7, 11) is 3.08. The van der Waals surface area contributed by atoms with E-state index < -0.39 is 5.97 Å². The number of benzene rings is 1. The van der Waals surface area contributed by atoms with Crippen molar-refractivity contribution in [3.05, 3.63) is 40.0 Å². The lowest BCUT2D eigenvalue weighted by Gasteiger charge is -2.09. The minimum absolute atomic E-state index is 0.239. The molecule has 0 saturated heterocycles. The third-order valence-electron chi connectivity index (χ3n) is 2.54. The second-order valence-electron chi connectivity index (χ2n) is 3.65. The smallest absolute Gasteiger partial charge is 0.339 e. The van der Waals surface area contributed by atoms with Crippen molar-refractivity contribution in [1.29, 1.82) is 0 Å². The van der Waals surface area contributed by atoms with E-state index in [1.807, 2.05) is 0 Å². The number of ether oxygens (including phenoxy) is 1. The highest BCUT2D eigenvalue weighted by molar-refractivity contribution is 6.38. The molecule has 2 aromatic rings. The molecule has 1 heterocycles. The summed E-state index contributed by atoms with van der Waals surface area (Å²) in [4.78, 5) is 11.6. The number of hydrogen-bond donors (Lipinski definition) is 0. The van der Waals surface area contributed by atoms with Crippen LogP contribution in [0.3, 0.4) is 0 Å². The van der Waals surface area contributed by atoms with Crippen molar-refractivity contribution in [2.75, 3.05) is 7.11 Å². The molecule has 2 rings (SSSR count). The molecule has 0 fully saturated rings. The summed E-state index contributed by atoms with van der Waals surface area (Å²) in [6, 6.07) is 4.96. The molecule has 0 saturated carbocycles. The lowest BCUT2D eigenvalue weighted by molar-refractivity contribution is 0.0601. The Balaban J connectivity index is 2.66. The Hall–Kier alpha value is -1.52. The fraction of sp³-hybridized carbons (Fsp3) is 0.167. The fourth-order valence-corrected chi connectivity index (χ4v) is 2.17. The minimum Gasteiger partial charge on any atom is -0.465 e. The average molecular weight is 285 g/mol. The molecular weight excluding hydrogens is 275 g/mol. The molecule has 0 atom stereocenters. The average Bonchev–Trinajstić information content (AvgIpc) is 2.77. The summed E-state index contributed by atoms with van der Waals surface area (Å²) < 4.78 is 6.32. The van der Waals surface area contributed by atoms with E-state index in [4.69, 9.17) is 23.2 Å². The molecular formula is C12H10Cl2N2O2. The van der Waals surface area contributed by atoms with Crippen LogP contribution in [0.25, 0.3) is 11.3 Å². The first-order valence-electron chi connectivity index (χ1n) is 5.10. The number of aryl methyl sites for hydroxylation is 1. The Bertz CT molecular complexity index is 608. The Morgan fingerprint density at radius 1 is 1.39 bits per heavy atom. The van der Waals surface area contributed by atoms with Gasteiger partial charge in [-0.05, 0) is 18.2 Å². The Labute approximate surface area is 114 Å². The van der Waals surface area contributed by atoms with E-state index in [1.54, 1.807) is 30.1 Å². The predicted molar refractivity (Wildman–Crippen MR) is 70.0 cm³/mol. The van der Waals surface area contributed by atoms with E-state index in [2.05, 4.69) is 9.84 Å². The van der Waals surface area contributed by atoms with Gasteiger partial charge in [-0.2, -0.15) is 5.10 Å². The molecule has 4 nitrogen and oxygen atoms in total. The summed E-state index contributed by atoms with van der Waals surface area (Å²) in [5.41, 5.74) is 1.65. The first-order valence-corrected chi connectivity index (χ1v) is 5.86. The van der Waals surface area contributed by atoms with Crippen LogP contribution >= 0.6 is 23.2 Å². The van der Waals surface area contributed by atoms with Crippen molar-refractivity contribution in [3.8, 4) is 11.3 Å². The van der Waals surface area contributed by atoms with Gasteiger partial charge in [0.05, 0.1) is 23.4 Å². The van der Waals surface area contributed by atoms with Crippen molar-refractivity contribution in [2.45, 2.75) is 0 Å². The fourth-order valence-electron chi connectivity index (χ4n) is 1.67. The number of hydrogen-bond acceptors (Lipinski definition) is 3. The molecule has 0 aliphatic carbocycles. The summed E-state index contributed by atoms with van der Waals surface area (Å²) in [6.45, 7) is 0. The van der Waals surface area contributed by atoms with E-state index in [0.717, 1.165) is 5.69 Å². The van der Waals surface area contributed by atoms with Gasteiger partial charge in [-0.15, -0.1) is 0 Å². The summed E-state index contributed by atoms with van der Waals surface area (Å²) in [6.07, 6.45) is 1.64. The molecule has 0 bridgehead atoms. The van der Waals surface area contributed by atoms with E-state index in [9.17, 15) is 4.79 Å². The largest absolute Gasteiger partial charge is 0.465 e. The monoisotopic (exact) mass is 284 g/mol. The molecule has 1 aromatic carbocycles. The SMILES string of the molecule is COC(=O)c1cc(Cl)cc(-c2ccnn2C)c1Cl. The zero-order chi connectivity index (χ0) is 13.3. The van der Waals surface area contributed by atoms with Crippen LogP contribution in [0.15, 0.2) is 24.4 Å². The Kier molecular flexibility index (Phi) is 3.59. The molecule has 0 unspecified atom stereocenters. The maximum Gasteiger partial charge on any atom is 0.339 e. The van der Waals surface area contributed by atoms with E-state index >= 15 is 0 Å². The highest BCUT2D eigenvalue weighted by Crippen LogP contribution is 2.33. The van der Waals surface area contributed by atoms with Gasteiger partial charge in [0.2, 0.25) is 0 Å². The molecule has 94 valence electrons. The van der Waals surface area contributed by atoms with Crippen molar-refractivity contribution >= 4 is 29.2 Å². The zero-order valence-corrected chi connectivity index (χ0v) is 11.3. The van der Waals surface area contributed by atoms with Gasteiger partial charge in [-0.3, -0.25) is 4.68 Å². The first-order chi connectivity index (χ1) is 8.54. The van der Waals surface area contributed by atoms with Crippen molar-refractivity contribution in [3.63, 3.8) is 0 Å². The number of halogens is 2. The van der Waals surface area contributed by atoms with Gasteiger partial charge in [-0.25, -0.2) is 4.79 Å². The van der Waals surface area contributed by atoms with Crippen molar-refractivity contribution in [1.82, 2.24) is 9.78 Å². The van der Waals surface area contributed by atoms with Crippen molar-refractivity contribution < 1.29 is 9.53 Å². The molecule has 0 spiro atoms. The molecule has 0 N–H and O–H groups in total. The minimum atomic E-state index is -0.522. The highest BCUT2D eigenvalue weighted by atomic mass is 35.5. The molecule has 0 aliphatic heterocycles. The maximum absolute atomic E-state index is 11.6. The molecule has 0 radical (unpaired) electrons. The van der Waals surface area contributed by atoms with Crippen LogP contribution in [0.4, 0.5) is 0 Å². The molecule has 6 heteroatoms. The highest BCUT2D eigenvalue weighted by Gasteiger charge is 2.18. The number of carbonyl (C=O) groups is 1. The second kappa shape index (κ2) is 5.00. The van der Waals surface area contributed by atoms with E-state index in [-0.39, 0.29) is 5.56 Å². The van der Waals surface area contributed by atoms with E-state index in [1.165, 1.54) is 13.2 Å². The molecule has 1 aromatic heterocycles. The number of carbonyl (C=O) groups excluding carboxylic acids is 1. The van der Waals surface area contributed by atoms with Crippen LogP contribution < -0.4 is 0 Å². The van der Waals surface area contributed by atoms with Crippen molar-refractivity contribution in [2.24, 2.45) is 7.05 Å². The van der Waals surface area contributed by atoms with Gasteiger partial charge >= 0.3 is 5.97 Å². The van der Waals surface area contributed by atoms with Crippen LogP contribution in [-0.2, 0) is 11.8 Å². The van der Waals surface area contributed by atoms with Gasteiger partial charge in [0, 0.05) is 23.8 Å². The lowest BCUT2D eigenvalue weighted by atomic mass is 10.1. The Morgan fingerprint density at radius 3 is 2.67 bits per heavy atom. The van der Waals surface area contributed by atoms with Crippen LogP contribution in [0, 0.1) is 0 Å². The number of nitrogens with zero attached hydrogens (tertiary/aromatic N) is 2. The predicted octanol–water partition coefficient (Wildman–Crippen LogP) is 3.18. The summed E-state index contributed by atoms with van der Waals surface area (Å²) in [5, 5.41) is 4.77. The lowest BCUT2D eigenvalue weighted by Crippen LogP contribution is -2.04. The van der Waals surface area contributed by atoms with Gasteiger partial charge in [0.1, 0.15) is 0 Å². The van der Waals surface area contributed by atoms with Crippen LogP contribution in [-0.4, -0.2) is 22.9 Å². The quantitative estimate of drug-likeness (QED) is 0.796. The molecule has 0 aliphatic rings. The number of esters is 1. The number of aromatic nitrogens is 2. The first kappa shape index (κ1) is 12.9. The zero-order valence-electron chi connectivity index (χ0n) is 9.78. The summed E-state index contributed by atoms with van der Waals surface area (Å²) in [5.74, 6) is -0.522. The van der Waals surface area contributed by atoms with Gasteiger partial charge < -0.3 is 4.74 Å². The second-order valence-corrected chi connectivity index (χ2v) is 4.46. The van der Waals surface area contributed by atoms with Gasteiger partial charge in [0.25, 0.3) is 0 Å². The van der Waals surface area contributed by atoms with Crippen LogP contribution in [0.5, 0.6) is 0 Å². The van der Waals surface area contributed by atoms with Crippen LogP contribution in [0.2, 0.25) is 10.0 Å². The molecule has 18 heavy (non-hydrogen) atoms.